The number of pyridine rings is 1. The number of carboxylic acid groups (broad SMARTS) is 1. The predicted octanol–water partition coefficient (Wildman–Crippen LogP) is 2.66. The fraction of sp³-hybridized carbons (Fsp3) is 0.133. The van der Waals surface area contributed by atoms with Gasteiger partial charge in [-0.1, -0.05) is 0 Å². The van der Waals surface area contributed by atoms with Crippen LogP contribution in [0.3, 0.4) is 0 Å². The number of aryl methyl sites for hydroxylation is 2. The molecule has 0 aliphatic carbocycles. The topological polar surface area (TPSA) is 80.4 Å². The lowest BCUT2D eigenvalue weighted by atomic mass is 10.0. The molecule has 1 N–H and O–H groups in total. The van der Waals surface area contributed by atoms with Crippen molar-refractivity contribution in [2.75, 3.05) is 0 Å². The minimum absolute atomic E-state index is 0.267. The highest BCUT2D eigenvalue weighted by Crippen LogP contribution is 2.25. The van der Waals surface area contributed by atoms with Crippen LogP contribution in [0.2, 0.25) is 0 Å². The summed E-state index contributed by atoms with van der Waals surface area (Å²) < 4.78 is 5.37. The maximum absolute atomic E-state index is 11.9. The van der Waals surface area contributed by atoms with Crippen LogP contribution in [0.15, 0.2) is 33.6 Å². The Morgan fingerprint density at radius 3 is 2.55 bits per heavy atom. The molecular formula is C15H11NO4. The Kier molecular flexibility index (Phi) is 2.57. The number of carboxylic acids is 1. The predicted molar refractivity (Wildman–Crippen MR) is 74.2 cm³/mol. The molecule has 0 amide bonds. The second kappa shape index (κ2) is 4.16. The standard InChI is InChI=1S/C15H11NO4/c1-7-3-9-11(4-8(7)2)16-6-10-12(17)5-13(15(18)19)20-14(9)10/h3-6H,1-2H3,(H,18,19). The third kappa shape index (κ3) is 1.75. The molecule has 2 heterocycles. The summed E-state index contributed by atoms with van der Waals surface area (Å²) in [7, 11) is 0. The molecule has 0 fully saturated rings. The lowest BCUT2D eigenvalue weighted by Gasteiger charge is -2.06. The second-order valence-corrected chi connectivity index (χ2v) is 4.73. The Balaban J connectivity index is 2.54. The van der Waals surface area contributed by atoms with Gasteiger partial charge < -0.3 is 9.52 Å². The summed E-state index contributed by atoms with van der Waals surface area (Å²) in [5.74, 6) is -1.63. The summed E-state index contributed by atoms with van der Waals surface area (Å²) in [5, 5.41) is 9.92. The first-order valence-electron chi connectivity index (χ1n) is 6.04. The lowest BCUT2D eigenvalue weighted by Crippen LogP contribution is -2.07. The number of aromatic nitrogens is 1. The van der Waals surface area contributed by atoms with Gasteiger partial charge in [-0.2, -0.15) is 0 Å². The Labute approximate surface area is 113 Å². The third-order valence-corrected chi connectivity index (χ3v) is 3.38. The molecule has 5 heteroatoms. The number of fused-ring (bicyclic) bond motifs is 3. The molecule has 3 aromatic rings. The van der Waals surface area contributed by atoms with Crippen molar-refractivity contribution in [3.63, 3.8) is 0 Å². The molecule has 100 valence electrons. The molecular weight excluding hydrogens is 258 g/mol. The van der Waals surface area contributed by atoms with Crippen LogP contribution in [-0.4, -0.2) is 16.1 Å². The van der Waals surface area contributed by atoms with E-state index in [0.717, 1.165) is 17.2 Å². The van der Waals surface area contributed by atoms with Crippen molar-refractivity contribution in [3.8, 4) is 0 Å². The first-order chi connectivity index (χ1) is 9.47. The van der Waals surface area contributed by atoms with E-state index in [2.05, 4.69) is 4.98 Å². The first-order valence-corrected chi connectivity index (χ1v) is 6.04. The van der Waals surface area contributed by atoms with Crippen LogP contribution in [0.4, 0.5) is 0 Å². The lowest BCUT2D eigenvalue weighted by molar-refractivity contribution is 0.0663. The van der Waals surface area contributed by atoms with Gasteiger partial charge in [0.1, 0.15) is 5.58 Å². The van der Waals surface area contributed by atoms with Gasteiger partial charge >= 0.3 is 5.97 Å². The van der Waals surface area contributed by atoms with Crippen molar-refractivity contribution in [3.05, 3.63) is 51.5 Å². The molecule has 0 spiro atoms. The quantitative estimate of drug-likeness (QED) is 0.687. The molecule has 0 saturated heterocycles. The summed E-state index contributed by atoms with van der Waals surface area (Å²) in [5.41, 5.74) is 2.63. The first kappa shape index (κ1) is 12.3. The van der Waals surface area contributed by atoms with Gasteiger partial charge in [-0.3, -0.25) is 9.78 Å². The van der Waals surface area contributed by atoms with Crippen LogP contribution >= 0.6 is 0 Å². The molecule has 0 atom stereocenters. The number of benzene rings is 1. The fourth-order valence-corrected chi connectivity index (χ4v) is 2.15. The van der Waals surface area contributed by atoms with Crippen LogP contribution in [0, 0.1) is 13.8 Å². The molecule has 0 unspecified atom stereocenters. The normalized spacial score (nSPS) is 11.1. The van der Waals surface area contributed by atoms with E-state index in [1.807, 2.05) is 26.0 Å². The zero-order valence-corrected chi connectivity index (χ0v) is 10.9. The second-order valence-electron chi connectivity index (χ2n) is 4.73. The van der Waals surface area contributed by atoms with E-state index in [0.29, 0.717) is 10.9 Å². The number of hydrogen-bond acceptors (Lipinski definition) is 4. The molecule has 0 radical (unpaired) electrons. The average Bonchev–Trinajstić information content (AvgIpc) is 2.40. The molecule has 20 heavy (non-hydrogen) atoms. The summed E-state index contributed by atoms with van der Waals surface area (Å²) in [6, 6.07) is 4.71. The van der Waals surface area contributed by atoms with Gasteiger partial charge in [-0.05, 0) is 37.1 Å². The molecule has 0 saturated carbocycles. The summed E-state index contributed by atoms with van der Waals surface area (Å²) in [6.07, 6.45) is 1.42. The van der Waals surface area contributed by atoms with Crippen LogP contribution in [-0.2, 0) is 0 Å². The van der Waals surface area contributed by atoms with Gasteiger partial charge in [-0.25, -0.2) is 4.79 Å². The van der Waals surface area contributed by atoms with Gasteiger partial charge in [0.2, 0.25) is 5.76 Å². The molecule has 2 aromatic heterocycles. The van der Waals surface area contributed by atoms with E-state index in [-0.39, 0.29) is 16.7 Å². The fourth-order valence-electron chi connectivity index (χ4n) is 2.15. The number of hydrogen-bond donors (Lipinski definition) is 1. The Bertz CT molecular complexity index is 924. The van der Waals surface area contributed by atoms with Crippen molar-refractivity contribution < 1.29 is 14.3 Å². The maximum atomic E-state index is 11.9. The zero-order chi connectivity index (χ0) is 14.4. The Hall–Kier alpha value is -2.69. The van der Waals surface area contributed by atoms with Crippen molar-refractivity contribution >= 4 is 27.8 Å². The SMILES string of the molecule is Cc1cc2ncc3c(=O)cc(C(=O)O)oc3c2cc1C. The van der Waals surface area contributed by atoms with Crippen molar-refractivity contribution in [2.45, 2.75) is 13.8 Å². The van der Waals surface area contributed by atoms with E-state index < -0.39 is 11.4 Å². The van der Waals surface area contributed by atoms with E-state index >= 15 is 0 Å². The van der Waals surface area contributed by atoms with Gasteiger partial charge in [-0.15, -0.1) is 0 Å². The van der Waals surface area contributed by atoms with Crippen LogP contribution in [0.25, 0.3) is 21.9 Å². The number of nitrogens with zero attached hydrogens (tertiary/aromatic N) is 1. The third-order valence-electron chi connectivity index (χ3n) is 3.38. The smallest absolute Gasteiger partial charge is 0.371 e. The zero-order valence-electron chi connectivity index (χ0n) is 10.9. The summed E-state index contributed by atoms with van der Waals surface area (Å²) in [4.78, 5) is 27.2. The van der Waals surface area contributed by atoms with Gasteiger partial charge in [0, 0.05) is 17.6 Å². The monoisotopic (exact) mass is 269 g/mol. The molecule has 3 rings (SSSR count). The minimum Gasteiger partial charge on any atom is -0.475 e. The van der Waals surface area contributed by atoms with Crippen molar-refractivity contribution in [1.82, 2.24) is 4.98 Å². The largest absolute Gasteiger partial charge is 0.475 e. The minimum atomic E-state index is -1.27. The Morgan fingerprint density at radius 2 is 1.85 bits per heavy atom. The van der Waals surface area contributed by atoms with Crippen molar-refractivity contribution in [1.29, 1.82) is 0 Å². The molecule has 1 aromatic carbocycles. The highest BCUT2D eigenvalue weighted by molar-refractivity contribution is 6.02. The number of carbonyl (C=O) groups is 1. The van der Waals surface area contributed by atoms with Crippen LogP contribution in [0.5, 0.6) is 0 Å². The van der Waals surface area contributed by atoms with E-state index in [1.54, 1.807) is 0 Å². The van der Waals surface area contributed by atoms with Gasteiger partial charge in [0.05, 0.1) is 10.9 Å². The molecule has 5 nitrogen and oxygen atoms in total. The Morgan fingerprint density at radius 1 is 1.15 bits per heavy atom. The number of rotatable bonds is 1. The highest BCUT2D eigenvalue weighted by atomic mass is 16.4. The van der Waals surface area contributed by atoms with E-state index in [9.17, 15) is 9.59 Å². The highest BCUT2D eigenvalue weighted by Gasteiger charge is 2.14. The molecule has 0 aliphatic rings. The molecule has 0 bridgehead atoms. The maximum Gasteiger partial charge on any atom is 0.371 e. The van der Waals surface area contributed by atoms with E-state index in [1.165, 1.54) is 6.20 Å². The number of aromatic carboxylic acids is 1. The van der Waals surface area contributed by atoms with Gasteiger partial charge in [0.25, 0.3) is 0 Å². The molecule has 0 aliphatic heterocycles. The van der Waals surface area contributed by atoms with Crippen LogP contribution < -0.4 is 5.43 Å². The van der Waals surface area contributed by atoms with Crippen LogP contribution in [0.1, 0.15) is 21.7 Å². The summed E-state index contributed by atoms with van der Waals surface area (Å²) >= 11 is 0. The van der Waals surface area contributed by atoms with Gasteiger partial charge in [0.15, 0.2) is 5.43 Å². The van der Waals surface area contributed by atoms with E-state index in [4.69, 9.17) is 9.52 Å². The summed E-state index contributed by atoms with van der Waals surface area (Å²) in [6.45, 7) is 3.90. The van der Waals surface area contributed by atoms with Crippen molar-refractivity contribution in [2.24, 2.45) is 0 Å². The average molecular weight is 269 g/mol.